The highest BCUT2D eigenvalue weighted by Crippen LogP contribution is 2.32. The molecule has 0 fully saturated rings. The molecule has 0 heterocycles. The SMILES string of the molecule is COC(=O)[C@](C)(C/C=C/c1ccccc1)C(=O)C1=CCCCC1. The monoisotopic (exact) mass is 312 g/mol. The first kappa shape index (κ1) is 17.2. The van der Waals surface area contributed by atoms with Crippen molar-refractivity contribution in [3.8, 4) is 0 Å². The highest BCUT2D eigenvalue weighted by atomic mass is 16.5. The normalized spacial score (nSPS) is 17.4. The van der Waals surface area contributed by atoms with Gasteiger partial charge >= 0.3 is 5.97 Å². The third kappa shape index (κ3) is 4.19. The number of methoxy groups -OCH3 is 1. The number of ketones is 1. The number of esters is 1. The number of hydrogen-bond acceptors (Lipinski definition) is 3. The van der Waals surface area contributed by atoms with Crippen LogP contribution in [0.3, 0.4) is 0 Å². The quantitative estimate of drug-likeness (QED) is 0.580. The number of ether oxygens (including phenoxy) is 1. The van der Waals surface area contributed by atoms with Gasteiger partial charge in [0.1, 0.15) is 5.41 Å². The van der Waals surface area contributed by atoms with Gasteiger partial charge in [0.2, 0.25) is 0 Å². The van der Waals surface area contributed by atoms with Crippen LogP contribution in [0.25, 0.3) is 6.08 Å². The summed E-state index contributed by atoms with van der Waals surface area (Å²) in [5, 5.41) is 0. The zero-order valence-corrected chi connectivity index (χ0v) is 13.9. The van der Waals surface area contributed by atoms with Gasteiger partial charge in [-0.05, 0) is 50.2 Å². The second-order valence-corrected chi connectivity index (χ2v) is 6.15. The molecule has 0 amide bonds. The Balaban J connectivity index is 2.18. The molecule has 1 aromatic carbocycles. The minimum Gasteiger partial charge on any atom is -0.468 e. The summed E-state index contributed by atoms with van der Waals surface area (Å²) in [6.07, 6.45) is 9.93. The Labute approximate surface area is 138 Å². The van der Waals surface area contributed by atoms with E-state index >= 15 is 0 Å². The lowest BCUT2D eigenvalue weighted by molar-refractivity contribution is -0.155. The van der Waals surface area contributed by atoms with Crippen LogP contribution in [0.2, 0.25) is 0 Å². The van der Waals surface area contributed by atoms with Gasteiger partial charge in [0.15, 0.2) is 5.78 Å². The van der Waals surface area contributed by atoms with Gasteiger partial charge in [-0.1, -0.05) is 48.6 Å². The molecule has 2 rings (SSSR count). The van der Waals surface area contributed by atoms with Crippen molar-refractivity contribution in [2.45, 2.75) is 39.0 Å². The van der Waals surface area contributed by atoms with Crippen molar-refractivity contribution in [2.75, 3.05) is 7.11 Å². The molecule has 0 aliphatic heterocycles. The van der Waals surface area contributed by atoms with Crippen LogP contribution in [0.4, 0.5) is 0 Å². The topological polar surface area (TPSA) is 43.4 Å². The lowest BCUT2D eigenvalue weighted by Crippen LogP contribution is -2.38. The maximum Gasteiger partial charge on any atom is 0.319 e. The first-order valence-corrected chi connectivity index (χ1v) is 8.12. The summed E-state index contributed by atoms with van der Waals surface area (Å²) >= 11 is 0. The number of Topliss-reactive ketones (excluding diaryl/α,β-unsaturated/α-hetero) is 1. The number of benzene rings is 1. The fraction of sp³-hybridized carbons (Fsp3) is 0.400. The predicted molar refractivity (Wildman–Crippen MR) is 91.8 cm³/mol. The van der Waals surface area contributed by atoms with Crippen LogP contribution in [-0.2, 0) is 14.3 Å². The number of rotatable bonds is 6. The van der Waals surface area contributed by atoms with E-state index in [9.17, 15) is 9.59 Å². The highest BCUT2D eigenvalue weighted by molar-refractivity contribution is 6.12. The molecule has 0 spiro atoms. The molecule has 1 atom stereocenters. The van der Waals surface area contributed by atoms with E-state index in [1.54, 1.807) is 6.92 Å². The summed E-state index contributed by atoms with van der Waals surface area (Å²) in [7, 11) is 1.34. The molecule has 3 heteroatoms. The number of allylic oxidation sites excluding steroid dienone is 3. The molecule has 0 saturated heterocycles. The third-order valence-electron chi connectivity index (χ3n) is 4.36. The zero-order valence-electron chi connectivity index (χ0n) is 13.9. The van der Waals surface area contributed by atoms with Crippen LogP contribution in [0, 0.1) is 5.41 Å². The molecule has 0 radical (unpaired) electrons. The van der Waals surface area contributed by atoms with Crippen molar-refractivity contribution in [1.29, 1.82) is 0 Å². The Morgan fingerprint density at radius 2 is 1.96 bits per heavy atom. The zero-order chi connectivity index (χ0) is 16.7. The summed E-state index contributed by atoms with van der Waals surface area (Å²) in [6.45, 7) is 1.69. The standard InChI is InChI=1S/C20H24O3/c1-20(19(22)23-2,18(21)17-13-7-4-8-14-17)15-9-12-16-10-5-3-6-11-16/h3,5-6,9-13H,4,7-8,14-15H2,1-2H3/b12-9+/t20-/m1/s1. The van der Waals surface area contributed by atoms with E-state index in [0.29, 0.717) is 6.42 Å². The van der Waals surface area contributed by atoms with Crippen LogP contribution < -0.4 is 0 Å². The Kier molecular flexibility index (Phi) is 5.91. The summed E-state index contributed by atoms with van der Waals surface area (Å²) in [6, 6.07) is 9.83. The molecule has 1 aliphatic carbocycles. The maximum absolute atomic E-state index is 12.9. The lowest BCUT2D eigenvalue weighted by Gasteiger charge is -2.26. The maximum atomic E-state index is 12.9. The van der Waals surface area contributed by atoms with Gasteiger partial charge in [0, 0.05) is 0 Å². The van der Waals surface area contributed by atoms with Gasteiger partial charge in [-0.15, -0.1) is 0 Å². The van der Waals surface area contributed by atoms with Crippen LogP contribution >= 0.6 is 0 Å². The first-order chi connectivity index (χ1) is 11.1. The van der Waals surface area contributed by atoms with E-state index < -0.39 is 11.4 Å². The number of carbonyl (C=O) groups is 2. The summed E-state index contributed by atoms with van der Waals surface area (Å²) < 4.78 is 4.91. The molecule has 1 aliphatic rings. The average molecular weight is 312 g/mol. The van der Waals surface area contributed by atoms with E-state index in [-0.39, 0.29) is 5.78 Å². The number of hydrogen-bond donors (Lipinski definition) is 0. The Morgan fingerprint density at radius 1 is 1.22 bits per heavy atom. The lowest BCUT2D eigenvalue weighted by atomic mass is 9.76. The molecule has 0 aromatic heterocycles. The minimum absolute atomic E-state index is 0.0956. The average Bonchev–Trinajstić information content (AvgIpc) is 2.61. The van der Waals surface area contributed by atoms with Gasteiger partial charge in [0.05, 0.1) is 7.11 Å². The fourth-order valence-electron chi connectivity index (χ4n) is 2.89. The van der Waals surface area contributed by atoms with Gasteiger partial charge in [-0.2, -0.15) is 0 Å². The molecule has 3 nitrogen and oxygen atoms in total. The number of carbonyl (C=O) groups excluding carboxylic acids is 2. The molecule has 0 bridgehead atoms. The van der Waals surface area contributed by atoms with E-state index in [1.165, 1.54) is 7.11 Å². The van der Waals surface area contributed by atoms with Gasteiger partial charge < -0.3 is 4.74 Å². The van der Waals surface area contributed by atoms with E-state index in [0.717, 1.165) is 36.8 Å². The van der Waals surface area contributed by atoms with E-state index in [1.807, 2.05) is 48.6 Å². The smallest absolute Gasteiger partial charge is 0.319 e. The van der Waals surface area contributed by atoms with E-state index in [2.05, 4.69) is 0 Å². The van der Waals surface area contributed by atoms with Crippen molar-refractivity contribution in [3.63, 3.8) is 0 Å². The Bertz CT molecular complexity index is 613. The van der Waals surface area contributed by atoms with Gasteiger partial charge in [-0.25, -0.2) is 0 Å². The second-order valence-electron chi connectivity index (χ2n) is 6.15. The van der Waals surface area contributed by atoms with Gasteiger partial charge in [0.25, 0.3) is 0 Å². The Morgan fingerprint density at radius 3 is 2.57 bits per heavy atom. The summed E-state index contributed by atoms with van der Waals surface area (Å²) in [5.41, 5.74) is 0.671. The van der Waals surface area contributed by atoms with Crippen LogP contribution in [-0.4, -0.2) is 18.9 Å². The minimum atomic E-state index is -1.15. The molecule has 1 aromatic rings. The van der Waals surface area contributed by atoms with Crippen LogP contribution in [0.15, 0.2) is 48.1 Å². The van der Waals surface area contributed by atoms with Crippen molar-refractivity contribution in [2.24, 2.45) is 5.41 Å². The molecular weight excluding hydrogens is 288 g/mol. The van der Waals surface area contributed by atoms with E-state index in [4.69, 9.17) is 4.74 Å². The van der Waals surface area contributed by atoms with Crippen molar-refractivity contribution in [3.05, 3.63) is 53.6 Å². The second kappa shape index (κ2) is 7.91. The Hall–Kier alpha value is -2.16. The largest absolute Gasteiger partial charge is 0.468 e. The van der Waals surface area contributed by atoms with Crippen molar-refractivity contribution in [1.82, 2.24) is 0 Å². The molecule has 122 valence electrons. The fourth-order valence-corrected chi connectivity index (χ4v) is 2.89. The molecular formula is C20H24O3. The summed E-state index contributed by atoms with van der Waals surface area (Å²) in [4.78, 5) is 25.1. The van der Waals surface area contributed by atoms with Crippen LogP contribution in [0.5, 0.6) is 0 Å². The molecule has 23 heavy (non-hydrogen) atoms. The molecule has 0 N–H and O–H groups in total. The molecule has 0 saturated carbocycles. The summed E-state index contributed by atoms with van der Waals surface area (Å²) in [5.74, 6) is -0.562. The van der Waals surface area contributed by atoms with Crippen LogP contribution in [0.1, 0.15) is 44.6 Å². The third-order valence-corrected chi connectivity index (χ3v) is 4.36. The predicted octanol–water partition coefficient (Wildman–Crippen LogP) is 4.34. The molecule has 0 unspecified atom stereocenters. The van der Waals surface area contributed by atoms with Gasteiger partial charge in [-0.3, -0.25) is 9.59 Å². The van der Waals surface area contributed by atoms with Crippen molar-refractivity contribution >= 4 is 17.8 Å². The first-order valence-electron chi connectivity index (χ1n) is 8.12. The van der Waals surface area contributed by atoms with Crippen molar-refractivity contribution < 1.29 is 14.3 Å². The highest BCUT2D eigenvalue weighted by Gasteiger charge is 2.42.